The van der Waals surface area contributed by atoms with Gasteiger partial charge in [-0.05, 0) is 12.1 Å². The van der Waals surface area contributed by atoms with Crippen LogP contribution >= 0.6 is 0 Å². The minimum atomic E-state index is -0.179. The van der Waals surface area contributed by atoms with E-state index in [2.05, 4.69) is 5.10 Å². The maximum Gasteiger partial charge on any atom is 0.266 e. The first-order valence-corrected chi connectivity index (χ1v) is 7.61. The smallest absolute Gasteiger partial charge is 0.266 e. The molecule has 0 saturated carbocycles. The van der Waals surface area contributed by atoms with Crippen LogP contribution < -0.4 is 15.0 Å². The number of nitrogens with zero attached hydrogens (tertiary/aromatic N) is 3. The van der Waals surface area contributed by atoms with Crippen LogP contribution in [-0.2, 0) is 20.0 Å². The Balaban J connectivity index is 1.92. The molecule has 0 atom stereocenters. The third kappa shape index (κ3) is 2.73. The van der Waals surface area contributed by atoms with Crippen LogP contribution in [0.5, 0.6) is 11.5 Å². The Hall–Kier alpha value is -2.83. The summed E-state index contributed by atoms with van der Waals surface area (Å²) in [5, 5.41) is 4.26. The number of benzene rings is 1. The lowest BCUT2D eigenvalue weighted by atomic mass is 10.0. The van der Waals surface area contributed by atoms with Crippen molar-refractivity contribution >= 4 is 5.91 Å². The number of fused-ring (bicyclic) bond motifs is 1. The van der Waals surface area contributed by atoms with Crippen molar-refractivity contribution in [3.05, 3.63) is 51.4 Å². The quantitative estimate of drug-likeness (QED) is 0.840. The fourth-order valence-electron chi connectivity index (χ4n) is 2.89. The summed E-state index contributed by atoms with van der Waals surface area (Å²) in [7, 11) is 4.67. The highest BCUT2D eigenvalue weighted by Crippen LogP contribution is 2.32. The van der Waals surface area contributed by atoms with E-state index in [1.165, 1.54) is 18.9 Å². The summed E-state index contributed by atoms with van der Waals surface area (Å²) < 4.78 is 11.9. The number of rotatable bonds is 3. The lowest BCUT2D eigenvalue weighted by Crippen LogP contribution is -2.38. The number of carbonyl (C=O) groups is 1. The van der Waals surface area contributed by atoms with E-state index in [0.29, 0.717) is 36.6 Å². The monoisotopic (exact) mass is 329 g/mol. The van der Waals surface area contributed by atoms with E-state index in [4.69, 9.17) is 9.47 Å². The molecule has 0 fully saturated rings. The lowest BCUT2D eigenvalue weighted by molar-refractivity contribution is 0.0728. The molecule has 3 rings (SSSR count). The second kappa shape index (κ2) is 6.35. The molecule has 0 radical (unpaired) electrons. The van der Waals surface area contributed by atoms with Crippen LogP contribution in [0.15, 0.2) is 29.1 Å². The lowest BCUT2D eigenvalue weighted by Gasteiger charge is -2.28. The van der Waals surface area contributed by atoms with Gasteiger partial charge in [-0.2, -0.15) is 5.10 Å². The van der Waals surface area contributed by atoms with Gasteiger partial charge in [0.05, 0.1) is 25.5 Å². The largest absolute Gasteiger partial charge is 0.493 e. The summed E-state index contributed by atoms with van der Waals surface area (Å²) in [4.78, 5) is 26.4. The van der Waals surface area contributed by atoms with E-state index < -0.39 is 0 Å². The molecule has 2 aromatic rings. The number of amides is 1. The number of hydrogen-bond acceptors (Lipinski definition) is 5. The first kappa shape index (κ1) is 16.0. The van der Waals surface area contributed by atoms with Crippen LogP contribution in [0.25, 0.3) is 0 Å². The second-order valence-corrected chi connectivity index (χ2v) is 5.60. The molecule has 0 aliphatic carbocycles. The number of methoxy groups -OCH3 is 2. The van der Waals surface area contributed by atoms with Gasteiger partial charge in [0.15, 0.2) is 11.5 Å². The highest BCUT2D eigenvalue weighted by atomic mass is 16.5. The molecule has 126 valence electrons. The highest BCUT2D eigenvalue weighted by Gasteiger charge is 2.26. The molecule has 0 unspecified atom stereocenters. The Labute approximate surface area is 139 Å². The molecule has 1 amide bonds. The summed E-state index contributed by atoms with van der Waals surface area (Å²) in [5.74, 6) is 0.770. The molecular weight excluding hydrogens is 310 g/mol. The second-order valence-electron chi connectivity index (χ2n) is 5.60. The minimum absolute atomic E-state index is 0.155. The Kier molecular flexibility index (Phi) is 4.24. The van der Waals surface area contributed by atoms with Gasteiger partial charge in [0.2, 0.25) is 0 Å². The van der Waals surface area contributed by atoms with Crippen LogP contribution in [-0.4, -0.2) is 41.4 Å². The van der Waals surface area contributed by atoms with Crippen molar-refractivity contribution in [1.29, 1.82) is 0 Å². The van der Waals surface area contributed by atoms with E-state index in [-0.39, 0.29) is 11.5 Å². The molecule has 7 nitrogen and oxygen atoms in total. The van der Waals surface area contributed by atoms with Gasteiger partial charge in [0.25, 0.3) is 11.5 Å². The molecule has 2 heterocycles. The number of carbonyl (C=O) groups excluding carboxylic acids is 1. The van der Waals surface area contributed by atoms with Crippen molar-refractivity contribution < 1.29 is 14.3 Å². The van der Waals surface area contributed by atoms with Crippen molar-refractivity contribution in [1.82, 2.24) is 14.7 Å². The minimum Gasteiger partial charge on any atom is -0.493 e. The van der Waals surface area contributed by atoms with E-state index in [1.54, 1.807) is 36.2 Å². The highest BCUT2D eigenvalue weighted by molar-refractivity contribution is 5.98. The molecule has 7 heteroatoms. The zero-order valence-corrected chi connectivity index (χ0v) is 13.9. The van der Waals surface area contributed by atoms with Crippen LogP contribution in [0.3, 0.4) is 0 Å². The van der Waals surface area contributed by atoms with Crippen molar-refractivity contribution in [2.75, 3.05) is 20.8 Å². The number of aromatic nitrogens is 2. The topological polar surface area (TPSA) is 73.7 Å². The predicted molar refractivity (Wildman–Crippen MR) is 87.5 cm³/mol. The zero-order valence-electron chi connectivity index (χ0n) is 13.9. The molecule has 1 aromatic heterocycles. The Morgan fingerprint density at radius 1 is 1.25 bits per heavy atom. The van der Waals surface area contributed by atoms with Crippen LogP contribution in [0.2, 0.25) is 0 Å². The van der Waals surface area contributed by atoms with Gasteiger partial charge < -0.3 is 14.4 Å². The van der Waals surface area contributed by atoms with Crippen molar-refractivity contribution in [3.8, 4) is 11.5 Å². The normalized spacial score (nSPS) is 13.4. The maximum absolute atomic E-state index is 12.9. The van der Waals surface area contributed by atoms with E-state index in [1.807, 2.05) is 0 Å². The average Bonchev–Trinajstić information content (AvgIpc) is 2.60. The van der Waals surface area contributed by atoms with Crippen molar-refractivity contribution in [3.63, 3.8) is 0 Å². The van der Waals surface area contributed by atoms with Gasteiger partial charge in [-0.1, -0.05) is 6.07 Å². The third-order valence-corrected chi connectivity index (χ3v) is 4.16. The standard InChI is InChI=1S/C17H19N3O4/c1-19-15(21)9-11-10-20(8-7-13(11)18-19)17(22)12-5-4-6-14(23-2)16(12)24-3/h4-6,9H,7-8,10H2,1-3H3. The fraction of sp³-hybridized carbons (Fsp3) is 0.353. The predicted octanol–water partition coefficient (Wildman–Crippen LogP) is 0.996. The summed E-state index contributed by atoms with van der Waals surface area (Å²) in [6, 6.07) is 6.75. The van der Waals surface area contributed by atoms with Gasteiger partial charge in [-0.25, -0.2) is 4.68 Å². The van der Waals surface area contributed by atoms with Gasteiger partial charge in [-0.3, -0.25) is 9.59 Å². The molecule has 1 aliphatic heterocycles. The zero-order chi connectivity index (χ0) is 17.3. The number of para-hydroxylation sites is 1. The van der Waals surface area contributed by atoms with Crippen molar-refractivity contribution in [2.45, 2.75) is 13.0 Å². The van der Waals surface area contributed by atoms with E-state index in [0.717, 1.165) is 11.3 Å². The van der Waals surface area contributed by atoms with E-state index in [9.17, 15) is 9.59 Å². The summed E-state index contributed by atoms with van der Waals surface area (Å²) in [6.07, 6.45) is 0.613. The Morgan fingerprint density at radius 3 is 2.75 bits per heavy atom. The SMILES string of the molecule is COc1cccc(C(=O)N2CCc3nn(C)c(=O)cc3C2)c1OC. The van der Waals surface area contributed by atoms with Gasteiger partial charge in [0, 0.05) is 38.2 Å². The fourth-order valence-corrected chi connectivity index (χ4v) is 2.89. The summed E-state index contributed by atoms with van der Waals surface area (Å²) in [6.45, 7) is 0.898. The summed E-state index contributed by atoms with van der Waals surface area (Å²) in [5.41, 5.74) is 1.91. The molecule has 1 aromatic carbocycles. The van der Waals surface area contributed by atoms with Crippen LogP contribution in [0.1, 0.15) is 21.6 Å². The maximum atomic E-state index is 12.9. The number of aryl methyl sites for hydroxylation is 1. The van der Waals surface area contributed by atoms with Gasteiger partial charge >= 0.3 is 0 Å². The first-order chi connectivity index (χ1) is 11.5. The molecule has 0 saturated heterocycles. The molecular formula is C17H19N3O4. The van der Waals surface area contributed by atoms with Crippen LogP contribution in [0.4, 0.5) is 0 Å². The van der Waals surface area contributed by atoms with Crippen LogP contribution in [0, 0.1) is 0 Å². The first-order valence-electron chi connectivity index (χ1n) is 7.61. The third-order valence-electron chi connectivity index (χ3n) is 4.16. The number of ether oxygens (including phenoxy) is 2. The molecule has 0 spiro atoms. The van der Waals surface area contributed by atoms with Gasteiger partial charge in [-0.15, -0.1) is 0 Å². The van der Waals surface area contributed by atoms with Gasteiger partial charge in [0.1, 0.15) is 0 Å². The summed E-state index contributed by atoms with van der Waals surface area (Å²) >= 11 is 0. The molecule has 1 aliphatic rings. The molecule has 0 N–H and O–H groups in total. The molecule has 0 bridgehead atoms. The Bertz CT molecular complexity index is 844. The average molecular weight is 329 g/mol. The number of hydrogen-bond donors (Lipinski definition) is 0. The van der Waals surface area contributed by atoms with E-state index >= 15 is 0 Å². The Morgan fingerprint density at radius 2 is 2.04 bits per heavy atom. The molecule has 24 heavy (non-hydrogen) atoms. The van der Waals surface area contributed by atoms with Crippen molar-refractivity contribution in [2.24, 2.45) is 7.05 Å².